The number of ether oxygens (including phenoxy) is 1. The van der Waals surface area contributed by atoms with E-state index in [1.54, 1.807) is 39.2 Å². The number of rotatable bonds is 5. The first-order valence-corrected chi connectivity index (χ1v) is 7.35. The average Bonchev–Trinajstić information content (AvgIpc) is 2.51. The summed E-state index contributed by atoms with van der Waals surface area (Å²) < 4.78 is 5.09. The minimum Gasteiger partial charge on any atom is -0.497 e. The highest BCUT2D eigenvalue weighted by molar-refractivity contribution is 5.95. The van der Waals surface area contributed by atoms with E-state index in [4.69, 9.17) is 10.5 Å². The maximum absolute atomic E-state index is 12.2. The van der Waals surface area contributed by atoms with Gasteiger partial charge in [-0.2, -0.15) is 0 Å². The number of methoxy groups -OCH3 is 1. The maximum atomic E-state index is 12.2. The number of amides is 1. The third kappa shape index (κ3) is 4.23. The van der Waals surface area contributed by atoms with Crippen LogP contribution in [0.1, 0.15) is 35.3 Å². The first-order valence-electron chi connectivity index (χ1n) is 7.35. The molecule has 2 aromatic rings. The molecule has 0 spiro atoms. The normalized spacial score (nSPS) is 11.1. The highest BCUT2D eigenvalue weighted by Crippen LogP contribution is 2.26. The summed E-state index contributed by atoms with van der Waals surface area (Å²) in [5.74, 6) is 0.560. The van der Waals surface area contributed by atoms with Gasteiger partial charge >= 0.3 is 0 Å². The number of aliphatic hydroxyl groups is 1. The van der Waals surface area contributed by atoms with Gasteiger partial charge in [0.1, 0.15) is 5.75 Å². The zero-order chi connectivity index (χ0) is 17.0. The zero-order valence-corrected chi connectivity index (χ0v) is 13.6. The molecule has 0 unspecified atom stereocenters. The number of hydrogen-bond acceptors (Lipinski definition) is 4. The van der Waals surface area contributed by atoms with Crippen molar-refractivity contribution in [1.29, 1.82) is 0 Å². The van der Waals surface area contributed by atoms with Crippen molar-refractivity contribution in [2.75, 3.05) is 12.8 Å². The number of nitrogens with two attached hydrogens (primary N) is 1. The number of nitrogens with one attached hydrogen (secondary N) is 1. The van der Waals surface area contributed by atoms with Crippen LogP contribution in [0, 0.1) is 0 Å². The Labute approximate surface area is 136 Å². The Balaban J connectivity index is 2.04. The predicted molar refractivity (Wildman–Crippen MR) is 90.3 cm³/mol. The van der Waals surface area contributed by atoms with Crippen molar-refractivity contribution in [1.82, 2.24) is 5.32 Å². The van der Waals surface area contributed by atoms with Crippen molar-refractivity contribution in [3.05, 3.63) is 59.2 Å². The Hall–Kier alpha value is -2.53. The summed E-state index contributed by atoms with van der Waals surface area (Å²) in [6.45, 7) is 3.72. The van der Waals surface area contributed by atoms with Gasteiger partial charge in [-0.1, -0.05) is 18.2 Å². The molecule has 23 heavy (non-hydrogen) atoms. The van der Waals surface area contributed by atoms with Crippen LogP contribution in [0.4, 0.5) is 5.69 Å². The van der Waals surface area contributed by atoms with Gasteiger partial charge in [0.2, 0.25) is 0 Å². The number of hydrogen-bond donors (Lipinski definition) is 3. The van der Waals surface area contributed by atoms with Crippen molar-refractivity contribution in [3.8, 4) is 5.75 Å². The molecule has 2 rings (SSSR count). The van der Waals surface area contributed by atoms with Crippen LogP contribution < -0.4 is 15.8 Å². The second-order valence-electron chi connectivity index (χ2n) is 5.89. The molecule has 4 N–H and O–H groups in total. The van der Waals surface area contributed by atoms with E-state index in [1.165, 1.54) is 0 Å². The number of carbonyl (C=O) groups excluding carboxylic acids is 1. The maximum Gasteiger partial charge on any atom is 0.251 e. The first-order chi connectivity index (χ1) is 10.8. The number of anilines is 1. The molecule has 0 aliphatic carbocycles. The lowest BCUT2D eigenvalue weighted by Gasteiger charge is -2.20. The summed E-state index contributed by atoms with van der Waals surface area (Å²) in [4.78, 5) is 12.2. The fourth-order valence-electron chi connectivity index (χ4n) is 2.29. The number of nitrogen functional groups attached to an aromatic ring is 1. The van der Waals surface area contributed by atoms with Gasteiger partial charge in [-0.05, 0) is 43.7 Å². The molecule has 122 valence electrons. The van der Waals surface area contributed by atoms with Gasteiger partial charge in [0.15, 0.2) is 0 Å². The molecule has 2 aromatic carbocycles. The van der Waals surface area contributed by atoms with Crippen LogP contribution >= 0.6 is 0 Å². The molecular formula is C18H22N2O3. The summed E-state index contributed by atoms with van der Waals surface area (Å²) >= 11 is 0. The fourth-order valence-corrected chi connectivity index (χ4v) is 2.29. The largest absolute Gasteiger partial charge is 0.497 e. The van der Waals surface area contributed by atoms with Gasteiger partial charge in [0.05, 0.1) is 12.7 Å². The molecule has 5 nitrogen and oxygen atoms in total. The molecule has 0 saturated heterocycles. The van der Waals surface area contributed by atoms with Crippen molar-refractivity contribution in [3.63, 3.8) is 0 Å². The van der Waals surface area contributed by atoms with E-state index in [2.05, 4.69) is 5.32 Å². The van der Waals surface area contributed by atoms with Crippen molar-refractivity contribution in [2.24, 2.45) is 0 Å². The predicted octanol–water partition coefficient (Wildman–Crippen LogP) is 2.43. The summed E-state index contributed by atoms with van der Waals surface area (Å²) in [6, 6.07) is 12.4. The van der Waals surface area contributed by atoms with E-state index < -0.39 is 5.60 Å². The van der Waals surface area contributed by atoms with Gasteiger partial charge in [0, 0.05) is 23.4 Å². The summed E-state index contributed by atoms with van der Waals surface area (Å²) in [7, 11) is 1.61. The highest BCUT2D eigenvalue weighted by Gasteiger charge is 2.20. The van der Waals surface area contributed by atoms with Crippen LogP contribution in [0.2, 0.25) is 0 Å². The fraction of sp³-hybridized carbons (Fsp3) is 0.278. The van der Waals surface area contributed by atoms with E-state index in [-0.39, 0.29) is 5.91 Å². The van der Waals surface area contributed by atoms with Crippen LogP contribution in [0.3, 0.4) is 0 Å². The lowest BCUT2D eigenvalue weighted by molar-refractivity contribution is 0.0792. The average molecular weight is 314 g/mol. The molecule has 0 fully saturated rings. The molecule has 0 saturated carbocycles. The lowest BCUT2D eigenvalue weighted by atomic mass is 9.95. The van der Waals surface area contributed by atoms with Crippen LogP contribution in [0.5, 0.6) is 5.75 Å². The zero-order valence-electron chi connectivity index (χ0n) is 13.6. The van der Waals surface area contributed by atoms with E-state index in [1.807, 2.05) is 24.3 Å². The van der Waals surface area contributed by atoms with Gasteiger partial charge in [-0.15, -0.1) is 0 Å². The number of carbonyl (C=O) groups is 1. The Bertz CT molecular complexity index is 688. The summed E-state index contributed by atoms with van der Waals surface area (Å²) in [5, 5.41) is 12.8. The minimum absolute atomic E-state index is 0.213. The molecule has 0 heterocycles. The summed E-state index contributed by atoms with van der Waals surface area (Å²) in [5.41, 5.74) is 7.32. The van der Waals surface area contributed by atoms with E-state index >= 15 is 0 Å². The Kier molecular flexibility index (Phi) is 4.91. The SMILES string of the molecule is COc1ccc(CNC(=O)c2ccc(C(C)(C)O)c(N)c2)cc1. The quantitative estimate of drug-likeness (QED) is 0.740. The topological polar surface area (TPSA) is 84.6 Å². The second-order valence-corrected chi connectivity index (χ2v) is 5.89. The van der Waals surface area contributed by atoms with Crippen LogP contribution in [-0.2, 0) is 12.1 Å². The molecule has 0 aliphatic rings. The highest BCUT2D eigenvalue weighted by atomic mass is 16.5. The third-order valence-electron chi connectivity index (χ3n) is 3.59. The molecule has 5 heteroatoms. The van der Waals surface area contributed by atoms with Crippen LogP contribution in [0.15, 0.2) is 42.5 Å². The van der Waals surface area contributed by atoms with Gasteiger partial charge in [-0.25, -0.2) is 0 Å². The second kappa shape index (κ2) is 6.71. The molecule has 0 aromatic heterocycles. The van der Waals surface area contributed by atoms with Gasteiger partial charge < -0.3 is 20.9 Å². The lowest BCUT2D eigenvalue weighted by Crippen LogP contribution is -2.24. The van der Waals surface area contributed by atoms with Crippen molar-refractivity contribution >= 4 is 11.6 Å². The molecule has 0 bridgehead atoms. The Morgan fingerprint density at radius 1 is 1.22 bits per heavy atom. The monoisotopic (exact) mass is 314 g/mol. The Morgan fingerprint density at radius 3 is 2.39 bits per heavy atom. The molecular weight excluding hydrogens is 292 g/mol. The summed E-state index contributed by atoms with van der Waals surface area (Å²) in [6.07, 6.45) is 0. The van der Waals surface area contributed by atoms with Gasteiger partial charge in [-0.3, -0.25) is 4.79 Å². The molecule has 0 aliphatic heterocycles. The molecule has 1 amide bonds. The van der Waals surface area contributed by atoms with E-state index in [0.29, 0.717) is 23.4 Å². The van der Waals surface area contributed by atoms with E-state index in [9.17, 15) is 9.90 Å². The van der Waals surface area contributed by atoms with Crippen molar-refractivity contribution in [2.45, 2.75) is 26.0 Å². The number of benzene rings is 2. The first kappa shape index (κ1) is 16.8. The van der Waals surface area contributed by atoms with Crippen LogP contribution in [0.25, 0.3) is 0 Å². The van der Waals surface area contributed by atoms with Gasteiger partial charge in [0.25, 0.3) is 5.91 Å². The minimum atomic E-state index is -1.04. The van der Waals surface area contributed by atoms with Crippen LogP contribution in [-0.4, -0.2) is 18.1 Å². The van der Waals surface area contributed by atoms with E-state index in [0.717, 1.165) is 11.3 Å². The standard InChI is InChI=1S/C18H22N2O3/c1-18(2,22)15-9-6-13(10-16(15)19)17(21)20-11-12-4-7-14(23-3)8-5-12/h4-10,22H,11,19H2,1-3H3,(H,20,21). The smallest absolute Gasteiger partial charge is 0.251 e. The third-order valence-corrected chi connectivity index (χ3v) is 3.59. The Morgan fingerprint density at radius 2 is 1.87 bits per heavy atom. The molecule has 0 radical (unpaired) electrons. The van der Waals surface area contributed by atoms with Crippen molar-refractivity contribution < 1.29 is 14.6 Å². The molecule has 0 atom stereocenters.